The second kappa shape index (κ2) is 5.16. The van der Waals surface area contributed by atoms with E-state index in [0.717, 1.165) is 15.4 Å². The highest BCUT2D eigenvalue weighted by Gasteiger charge is 2.40. The molecule has 7 heteroatoms. The molecule has 2 atom stereocenters. The van der Waals surface area contributed by atoms with Crippen LogP contribution in [0.2, 0.25) is 0 Å². The van der Waals surface area contributed by atoms with Gasteiger partial charge >= 0.3 is 0 Å². The molecule has 1 aromatic carbocycles. The van der Waals surface area contributed by atoms with Gasteiger partial charge in [-0.1, -0.05) is 6.07 Å². The lowest BCUT2D eigenvalue weighted by Gasteiger charge is -2.24. The molecule has 1 aliphatic rings. The fraction of sp³-hybridized carbons (Fsp3) is 0.462. The summed E-state index contributed by atoms with van der Waals surface area (Å²) in [6, 6.07) is 3.29. The average molecular weight is 298 g/mol. The number of aryl methyl sites for hydroxylation is 2. The molecule has 1 aliphatic heterocycles. The van der Waals surface area contributed by atoms with E-state index >= 15 is 0 Å². The standard InChI is InChI=1S/C13H17NO5S/c1-8-3-4-11(5-9(8)2)20(18,19)14-7-10(15)6-12(14)13(16)17/h3-5,10,12,15H,6-7H2,1-2H3,(H,16,17)/p-1/t10-,12+/m0/s1. The van der Waals surface area contributed by atoms with E-state index in [1.165, 1.54) is 12.1 Å². The van der Waals surface area contributed by atoms with Crippen molar-refractivity contribution in [3.8, 4) is 0 Å². The number of aliphatic carboxylic acids is 1. The van der Waals surface area contributed by atoms with Gasteiger partial charge in [0, 0.05) is 6.54 Å². The van der Waals surface area contributed by atoms with Crippen LogP contribution in [0.3, 0.4) is 0 Å². The van der Waals surface area contributed by atoms with E-state index in [1.54, 1.807) is 13.0 Å². The first-order valence-electron chi connectivity index (χ1n) is 6.21. The molecule has 1 N–H and O–H groups in total. The Balaban J connectivity index is 2.43. The van der Waals surface area contributed by atoms with Crippen LogP contribution in [0.5, 0.6) is 0 Å². The Morgan fingerprint density at radius 1 is 1.35 bits per heavy atom. The van der Waals surface area contributed by atoms with E-state index in [-0.39, 0.29) is 17.9 Å². The fourth-order valence-electron chi connectivity index (χ4n) is 2.27. The number of aliphatic hydroxyl groups excluding tert-OH is 1. The molecule has 1 aromatic rings. The molecule has 0 radical (unpaired) electrons. The Morgan fingerprint density at radius 3 is 2.55 bits per heavy atom. The Hall–Kier alpha value is -1.44. The molecule has 0 aliphatic carbocycles. The highest BCUT2D eigenvalue weighted by atomic mass is 32.2. The summed E-state index contributed by atoms with van der Waals surface area (Å²) in [5, 5.41) is 20.6. The van der Waals surface area contributed by atoms with Gasteiger partial charge in [-0.05, 0) is 43.5 Å². The molecule has 1 heterocycles. The van der Waals surface area contributed by atoms with Crippen molar-refractivity contribution in [2.45, 2.75) is 37.3 Å². The van der Waals surface area contributed by atoms with Gasteiger partial charge in [-0.3, -0.25) is 0 Å². The lowest BCUT2D eigenvalue weighted by Crippen LogP contribution is -2.46. The molecule has 1 saturated heterocycles. The topological polar surface area (TPSA) is 97.7 Å². The molecule has 2 rings (SSSR count). The van der Waals surface area contributed by atoms with Crippen molar-refractivity contribution in [2.24, 2.45) is 0 Å². The zero-order chi connectivity index (χ0) is 15.1. The summed E-state index contributed by atoms with van der Waals surface area (Å²) >= 11 is 0. The smallest absolute Gasteiger partial charge is 0.243 e. The van der Waals surface area contributed by atoms with Crippen molar-refractivity contribution in [2.75, 3.05) is 6.54 Å². The minimum absolute atomic E-state index is 0.0287. The van der Waals surface area contributed by atoms with Gasteiger partial charge in [0.1, 0.15) is 0 Å². The summed E-state index contributed by atoms with van der Waals surface area (Å²) in [4.78, 5) is 11.1. The second-order valence-electron chi connectivity index (χ2n) is 5.05. The van der Waals surface area contributed by atoms with E-state index in [9.17, 15) is 23.4 Å². The number of carbonyl (C=O) groups excluding carboxylic acids is 1. The Kier molecular flexibility index (Phi) is 3.86. The van der Waals surface area contributed by atoms with Crippen LogP contribution in [0.1, 0.15) is 17.5 Å². The van der Waals surface area contributed by atoms with Gasteiger partial charge < -0.3 is 15.0 Å². The van der Waals surface area contributed by atoms with Gasteiger partial charge in [0.2, 0.25) is 10.0 Å². The third-order valence-electron chi connectivity index (χ3n) is 3.59. The summed E-state index contributed by atoms with van der Waals surface area (Å²) in [6.07, 6.45) is -1.13. The van der Waals surface area contributed by atoms with Crippen LogP contribution in [0.4, 0.5) is 0 Å². The lowest BCUT2D eigenvalue weighted by molar-refractivity contribution is -0.309. The van der Waals surface area contributed by atoms with Crippen molar-refractivity contribution in [3.63, 3.8) is 0 Å². The molecule has 0 saturated carbocycles. The Labute approximate surface area is 117 Å². The highest BCUT2D eigenvalue weighted by Crippen LogP contribution is 2.27. The van der Waals surface area contributed by atoms with E-state index < -0.39 is 28.1 Å². The molecular formula is C13H16NO5S-. The number of carboxylic acid groups (broad SMARTS) is 1. The van der Waals surface area contributed by atoms with Crippen molar-refractivity contribution in [3.05, 3.63) is 29.3 Å². The monoisotopic (exact) mass is 298 g/mol. The van der Waals surface area contributed by atoms with Crippen molar-refractivity contribution in [1.82, 2.24) is 4.31 Å². The van der Waals surface area contributed by atoms with Crippen LogP contribution < -0.4 is 5.11 Å². The molecule has 110 valence electrons. The van der Waals surface area contributed by atoms with Gasteiger partial charge in [-0.15, -0.1) is 0 Å². The summed E-state index contributed by atoms with van der Waals surface area (Å²) in [7, 11) is -3.95. The minimum atomic E-state index is -3.95. The van der Waals surface area contributed by atoms with Crippen LogP contribution in [0, 0.1) is 13.8 Å². The third kappa shape index (κ3) is 2.56. The van der Waals surface area contributed by atoms with Gasteiger partial charge in [-0.2, -0.15) is 4.31 Å². The SMILES string of the molecule is Cc1ccc(S(=O)(=O)N2C[C@@H](O)C[C@@H]2C(=O)[O-])cc1C. The minimum Gasteiger partial charge on any atom is -0.548 e. The molecule has 6 nitrogen and oxygen atoms in total. The quantitative estimate of drug-likeness (QED) is 0.786. The number of nitrogens with zero attached hydrogens (tertiary/aromatic N) is 1. The van der Waals surface area contributed by atoms with Crippen molar-refractivity contribution < 1.29 is 23.4 Å². The van der Waals surface area contributed by atoms with Crippen molar-refractivity contribution >= 4 is 16.0 Å². The molecule has 20 heavy (non-hydrogen) atoms. The molecule has 0 aromatic heterocycles. The number of hydrogen-bond acceptors (Lipinski definition) is 5. The van der Waals surface area contributed by atoms with Crippen LogP contribution in [-0.4, -0.2) is 42.5 Å². The summed E-state index contributed by atoms with van der Waals surface area (Å²) in [6.45, 7) is 3.41. The summed E-state index contributed by atoms with van der Waals surface area (Å²) in [5.74, 6) is -1.49. The van der Waals surface area contributed by atoms with Gasteiger partial charge in [0.25, 0.3) is 0 Å². The first-order valence-corrected chi connectivity index (χ1v) is 7.65. The first kappa shape index (κ1) is 15.0. The molecule has 0 amide bonds. The molecular weight excluding hydrogens is 282 g/mol. The van der Waals surface area contributed by atoms with Crippen LogP contribution in [-0.2, 0) is 14.8 Å². The lowest BCUT2D eigenvalue weighted by atomic mass is 10.1. The number of sulfonamides is 1. The number of aliphatic hydroxyl groups is 1. The van der Waals surface area contributed by atoms with Crippen LogP contribution in [0.15, 0.2) is 23.1 Å². The predicted octanol–water partition coefficient (Wildman–Crippen LogP) is -0.823. The highest BCUT2D eigenvalue weighted by molar-refractivity contribution is 7.89. The van der Waals surface area contributed by atoms with E-state index in [0.29, 0.717) is 0 Å². The average Bonchev–Trinajstić information content (AvgIpc) is 2.75. The number of rotatable bonds is 3. The number of β-amino-alcohol motifs (C(OH)–C–C–N with tert-alkyl or cyclic N) is 1. The zero-order valence-corrected chi connectivity index (χ0v) is 12.1. The number of benzene rings is 1. The van der Waals surface area contributed by atoms with Crippen LogP contribution in [0.25, 0.3) is 0 Å². The summed E-state index contributed by atoms with van der Waals surface area (Å²) < 4.78 is 25.8. The van der Waals surface area contributed by atoms with Crippen LogP contribution >= 0.6 is 0 Å². The third-order valence-corrected chi connectivity index (χ3v) is 5.46. The maximum absolute atomic E-state index is 12.5. The Bertz CT molecular complexity index is 640. The van der Waals surface area contributed by atoms with Gasteiger partial charge in [0.05, 0.1) is 23.0 Å². The normalized spacial score (nSPS) is 23.9. The van der Waals surface area contributed by atoms with E-state index in [4.69, 9.17) is 0 Å². The van der Waals surface area contributed by atoms with Gasteiger partial charge in [-0.25, -0.2) is 8.42 Å². The number of carbonyl (C=O) groups is 1. The maximum atomic E-state index is 12.5. The number of hydrogen-bond donors (Lipinski definition) is 1. The maximum Gasteiger partial charge on any atom is 0.243 e. The van der Waals surface area contributed by atoms with Gasteiger partial charge in [0.15, 0.2) is 0 Å². The Morgan fingerprint density at radius 2 is 2.00 bits per heavy atom. The summed E-state index contributed by atoms with van der Waals surface area (Å²) in [5.41, 5.74) is 1.75. The molecule has 1 fully saturated rings. The zero-order valence-electron chi connectivity index (χ0n) is 11.2. The first-order chi connectivity index (χ1) is 9.23. The number of carboxylic acids is 1. The molecule has 0 bridgehead atoms. The largest absolute Gasteiger partial charge is 0.548 e. The fourth-order valence-corrected chi connectivity index (χ4v) is 3.99. The van der Waals surface area contributed by atoms with E-state index in [1.807, 2.05) is 6.92 Å². The van der Waals surface area contributed by atoms with E-state index in [2.05, 4.69) is 0 Å². The molecule has 0 unspecified atom stereocenters. The second-order valence-corrected chi connectivity index (χ2v) is 6.94. The molecule has 0 spiro atoms. The van der Waals surface area contributed by atoms with Crippen molar-refractivity contribution in [1.29, 1.82) is 0 Å². The predicted molar refractivity (Wildman–Crippen MR) is 69.2 cm³/mol.